The minimum absolute atomic E-state index is 0.0214. The summed E-state index contributed by atoms with van der Waals surface area (Å²) in [5.41, 5.74) is 0.314. The maximum atomic E-state index is 13.2. The van der Waals surface area contributed by atoms with Gasteiger partial charge in [-0.2, -0.15) is 0 Å². The average molecular weight is 427 g/mol. The molecule has 0 N–H and O–H groups in total. The molecule has 1 amide bonds. The average Bonchev–Trinajstić information content (AvgIpc) is 3.38. The molecule has 10 heteroatoms. The Labute approximate surface area is 167 Å². The third-order valence-corrected chi connectivity index (χ3v) is 6.13. The summed E-state index contributed by atoms with van der Waals surface area (Å²) < 4.78 is 34.2. The molecule has 1 aromatic carbocycles. The van der Waals surface area contributed by atoms with E-state index in [1.807, 2.05) is 0 Å². The molecule has 3 rings (SSSR count). The highest BCUT2D eigenvalue weighted by Crippen LogP contribution is 2.43. The predicted molar refractivity (Wildman–Crippen MR) is 102 cm³/mol. The van der Waals surface area contributed by atoms with Crippen LogP contribution < -0.4 is 4.90 Å². The summed E-state index contributed by atoms with van der Waals surface area (Å²) in [4.78, 5) is 26.4. The molecule has 0 unspecified atom stereocenters. The fraction of sp³-hybridized carbons (Fsp3) is 0.389. The quantitative estimate of drug-likeness (QED) is 0.651. The smallest absolute Gasteiger partial charge is 0.414 e. The van der Waals surface area contributed by atoms with Crippen molar-refractivity contribution in [2.45, 2.75) is 30.6 Å². The van der Waals surface area contributed by atoms with Crippen LogP contribution in [0.15, 0.2) is 27.7 Å². The monoisotopic (exact) mass is 426 g/mol. The molecule has 1 saturated carbocycles. The first-order chi connectivity index (χ1) is 13.2. The molecule has 1 aliphatic carbocycles. The summed E-state index contributed by atoms with van der Waals surface area (Å²) in [6.07, 6.45) is 3.36. The molecular weight excluding hydrogens is 408 g/mol. The number of rotatable bonds is 6. The van der Waals surface area contributed by atoms with Crippen LogP contribution in [-0.2, 0) is 14.6 Å². The van der Waals surface area contributed by atoms with Gasteiger partial charge in [-0.15, -0.1) is 0 Å². The normalized spacial score (nSPS) is 14.0. The van der Waals surface area contributed by atoms with Gasteiger partial charge in [0.15, 0.2) is 21.4 Å². The zero-order chi connectivity index (χ0) is 20.6. The number of amides is 1. The summed E-state index contributed by atoms with van der Waals surface area (Å²) in [6, 6.07) is 2.60. The van der Waals surface area contributed by atoms with Gasteiger partial charge in [0.25, 0.3) is 0 Å². The number of carbonyl (C=O) groups is 2. The van der Waals surface area contributed by atoms with E-state index in [-0.39, 0.29) is 39.2 Å². The van der Waals surface area contributed by atoms with E-state index in [2.05, 4.69) is 5.16 Å². The number of benzene rings is 1. The van der Waals surface area contributed by atoms with Crippen LogP contribution in [-0.4, -0.2) is 45.4 Å². The Balaban J connectivity index is 2.22. The van der Waals surface area contributed by atoms with Crippen molar-refractivity contribution in [3.63, 3.8) is 0 Å². The Kier molecular flexibility index (Phi) is 5.49. The van der Waals surface area contributed by atoms with E-state index >= 15 is 0 Å². The number of methoxy groups -OCH3 is 1. The van der Waals surface area contributed by atoms with Crippen molar-refractivity contribution in [2.75, 3.05) is 24.8 Å². The highest BCUT2D eigenvalue weighted by atomic mass is 35.5. The Bertz CT molecular complexity index is 1040. The van der Waals surface area contributed by atoms with Crippen molar-refractivity contribution in [2.24, 2.45) is 0 Å². The molecule has 28 heavy (non-hydrogen) atoms. The van der Waals surface area contributed by atoms with Gasteiger partial charge >= 0.3 is 6.09 Å². The molecule has 1 fully saturated rings. The minimum Gasteiger partial charge on any atom is -0.452 e. The fourth-order valence-corrected chi connectivity index (χ4v) is 4.40. The van der Waals surface area contributed by atoms with Gasteiger partial charge in [0, 0.05) is 24.3 Å². The second-order valence-corrected chi connectivity index (χ2v) is 8.83. The van der Waals surface area contributed by atoms with Crippen LogP contribution >= 0.6 is 11.6 Å². The molecule has 0 radical (unpaired) electrons. The maximum Gasteiger partial charge on any atom is 0.414 e. The molecule has 0 saturated heterocycles. The molecule has 2 aromatic rings. The Morgan fingerprint density at radius 1 is 1.32 bits per heavy atom. The van der Waals surface area contributed by atoms with Crippen molar-refractivity contribution in [1.82, 2.24) is 5.16 Å². The Hall–Kier alpha value is -2.39. The molecular formula is C18H19ClN2O6S. The fourth-order valence-electron chi connectivity index (χ4n) is 2.97. The maximum absolute atomic E-state index is 13.2. The zero-order valence-corrected chi connectivity index (χ0v) is 17.1. The van der Waals surface area contributed by atoms with Crippen LogP contribution in [0, 0.1) is 0 Å². The molecule has 150 valence electrons. The molecule has 0 atom stereocenters. The largest absolute Gasteiger partial charge is 0.452 e. The lowest BCUT2D eigenvalue weighted by molar-refractivity contribution is 0.103. The first-order valence-electron chi connectivity index (χ1n) is 8.58. The van der Waals surface area contributed by atoms with E-state index in [0.29, 0.717) is 5.76 Å². The number of anilines is 1. The van der Waals surface area contributed by atoms with Crippen LogP contribution in [0.5, 0.6) is 0 Å². The van der Waals surface area contributed by atoms with Crippen molar-refractivity contribution >= 4 is 39.0 Å². The number of ketones is 1. The number of nitrogens with zero attached hydrogens (tertiary/aromatic N) is 2. The second kappa shape index (κ2) is 7.56. The lowest BCUT2D eigenvalue weighted by Gasteiger charge is -2.24. The van der Waals surface area contributed by atoms with E-state index in [0.717, 1.165) is 24.0 Å². The van der Waals surface area contributed by atoms with Gasteiger partial charge in [0.1, 0.15) is 0 Å². The van der Waals surface area contributed by atoms with E-state index in [9.17, 15) is 18.0 Å². The molecule has 1 heterocycles. The topological polar surface area (TPSA) is 107 Å². The minimum atomic E-state index is -3.69. The summed E-state index contributed by atoms with van der Waals surface area (Å²) in [5.74, 6) is 0.168. The number of carbonyl (C=O) groups excluding carboxylic acids is 2. The molecule has 0 spiro atoms. The van der Waals surface area contributed by atoms with Gasteiger partial charge in [-0.3, -0.25) is 9.69 Å². The van der Waals surface area contributed by atoms with Gasteiger partial charge in [-0.1, -0.05) is 16.8 Å². The zero-order valence-electron chi connectivity index (χ0n) is 15.6. The third-order valence-electron chi connectivity index (χ3n) is 4.50. The number of aromatic nitrogens is 1. The first-order valence-corrected chi connectivity index (χ1v) is 10.8. The number of hydrogen-bond donors (Lipinski definition) is 0. The molecule has 0 bridgehead atoms. The summed E-state index contributed by atoms with van der Waals surface area (Å²) in [5, 5.41) is 3.51. The highest BCUT2D eigenvalue weighted by molar-refractivity contribution is 7.90. The van der Waals surface area contributed by atoms with E-state index < -0.39 is 21.7 Å². The number of hydrogen-bond acceptors (Lipinski definition) is 7. The van der Waals surface area contributed by atoms with Crippen LogP contribution in [0.2, 0.25) is 5.02 Å². The third kappa shape index (κ3) is 3.64. The first kappa shape index (κ1) is 20.3. The van der Waals surface area contributed by atoms with E-state index in [4.69, 9.17) is 20.9 Å². The predicted octanol–water partition coefficient (Wildman–Crippen LogP) is 3.43. The van der Waals surface area contributed by atoms with Gasteiger partial charge in [-0.25, -0.2) is 13.2 Å². The number of sulfone groups is 1. The van der Waals surface area contributed by atoms with Crippen LogP contribution in [0.3, 0.4) is 0 Å². The lowest BCUT2D eigenvalue weighted by atomic mass is 10.00. The SMILES string of the molecule is CCN(C(=O)OC)c1c(C(=O)c2cnoc2C2CC2)ccc(S(C)(=O)=O)c1Cl. The van der Waals surface area contributed by atoms with Gasteiger partial charge < -0.3 is 9.26 Å². The molecule has 1 aromatic heterocycles. The van der Waals surface area contributed by atoms with Crippen molar-refractivity contribution in [3.05, 3.63) is 40.2 Å². The van der Waals surface area contributed by atoms with Gasteiger partial charge in [0.2, 0.25) is 0 Å². The van der Waals surface area contributed by atoms with E-state index in [1.54, 1.807) is 6.92 Å². The number of halogens is 1. The Morgan fingerprint density at radius 2 is 2.00 bits per heavy atom. The highest BCUT2D eigenvalue weighted by Gasteiger charge is 2.35. The summed E-state index contributed by atoms with van der Waals surface area (Å²) in [7, 11) is -2.50. The molecule has 8 nitrogen and oxygen atoms in total. The van der Waals surface area contributed by atoms with Crippen molar-refractivity contribution in [3.8, 4) is 0 Å². The van der Waals surface area contributed by atoms with Crippen LogP contribution in [0.1, 0.15) is 47.4 Å². The summed E-state index contributed by atoms with van der Waals surface area (Å²) in [6.45, 7) is 1.77. The standard InChI is InChI=1S/C18H19ClN2O6S/c1-4-21(18(23)26-2)15-11(7-8-13(14(15)19)28(3,24)25)16(22)12-9-20-27-17(12)10-5-6-10/h7-10H,4-6H2,1-3H3. The molecule has 1 aliphatic rings. The molecule has 0 aliphatic heterocycles. The van der Waals surface area contributed by atoms with Crippen molar-refractivity contribution in [1.29, 1.82) is 0 Å². The summed E-state index contributed by atoms with van der Waals surface area (Å²) >= 11 is 6.37. The van der Waals surface area contributed by atoms with Crippen LogP contribution in [0.4, 0.5) is 10.5 Å². The Morgan fingerprint density at radius 3 is 2.54 bits per heavy atom. The van der Waals surface area contributed by atoms with Crippen LogP contribution in [0.25, 0.3) is 0 Å². The van der Waals surface area contributed by atoms with Gasteiger partial charge in [0.05, 0.1) is 34.5 Å². The van der Waals surface area contributed by atoms with Gasteiger partial charge in [-0.05, 0) is 31.9 Å². The van der Waals surface area contributed by atoms with Crippen molar-refractivity contribution < 1.29 is 27.3 Å². The second-order valence-electron chi connectivity index (χ2n) is 6.47. The van der Waals surface area contributed by atoms with E-state index in [1.165, 1.54) is 25.4 Å². The lowest BCUT2D eigenvalue weighted by Crippen LogP contribution is -2.32. The number of ether oxygens (including phenoxy) is 1.